The summed E-state index contributed by atoms with van der Waals surface area (Å²) >= 11 is 2.17. The first-order chi connectivity index (χ1) is 5.54. The fourth-order valence-corrected chi connectivity index (χ4v) is 0.920. The topological polar surface area (TPSA) is 33.1 Å². The van der Waals surface area contributed by atoms with Crippen LogP contribution in [0.1, 0.15) is 11.3 Å². The first kappa shape index (κ1) is 9.54. The molecule has 1 aromatic rings. The number of hydrogen-bond acceptors (Lipinski definition) is 2. The Balaban J connectivity index is 2.93. The lowest BCUT2D eigenvalue weighted by atomic mass is 10.2. The lowest BCUT2D eigenvalue weighted by Gasteiger charge is -2.06. The van der Waals surface area contributed by atoms with Crippen LogP contribution in [-0.2, 0) is 11.4 Å². The predicted octanol–water partition coefficient (Wildman–Crippen LogP) is 2.02. The van der Waals surface area contributed by atoms with E-state index in [1.807, 2.05) is 0 Å². The summed E-state index contributed by atoms with van der Waals surface area (Å²) in [5.41, 5.74) is 0.148. The van der Waals surface area contributed by atoms with Gasteiger partial charge in [-0.15, -0.1) is 0 Å². The van der Waals surface area contributed by atoms with E-state index in [2.05, 4.69) is 20.9 Å². The number of aromatic nitrogens is 1. The van der Waals surface area contributed by atoms with E-state index in [9.17, 15) is 8.78 Å². The second kappa shape index (κ2) is 3.45. The highest BCUT2D eigenvalue weighted by molar-refractivity contribution is 9.09. The van der Waals surface area contributed by atoms with Gasteiger partial charge >= 0.3 is 4.83 Å². The number of nitrogens with zero attached hydrogens (tertiary/aromatic N) is 1. The van der Waals surface area contributed by atoms with Crippen LogP contribution in [-0.4, -0.2) is 10.1 Å². The van der Waals surface area contributed by atoms with Crippen LogP contribution in [0.5, 0.6) is 0 Å². The molecule has 0 amide bonds. The summed E-state index contributed by atoms with van der Waals surface area (Å²) in [6.07, 6.45) is 1.21. The van der Waals surface area contributed by atoms with Gasteiger partial charge in [0.2, 0.25) is 0 Å². The van der Waals surface area contributed by atoms with Crippen molar-refractivity contribution in [1.29, 1.82) is 0 Å². The number of hydrogen-bond donors (Lipinski definition) is 1. The van der Waals surface area contributed by atoms with Crippen LogP contribution in [0.25, 0.3) is 0 Å². The Morgan fingerprint density at radius 3 is 2.50 bits per heavy atom. The second-order valence-electron chi connectivity index (χ2n) is 2.21. The molecule has 0 spiro atoms. The maximum atomic E-state index is 12.5. The third-order valence-corrected chi connectivity index (χ3v) is 1.70. The van der Waals surface area contributed by atoms with Crippen molar-refractivity contribution in [3.8, 4) is 0 Å². The molecule has 0 aliphatic rings. The van der Waals surface area contributed by atoms with E-state index in [1.165, 1.54) is 18.3 Å². The molecule has 0 aliphatic carbocycles. The van der Waals surface area contributed by atoms with Crippen molar-refractivity contribution >= 4 is 15.9 Å². The Labute approximate surface area is 76.4 Å². The summed E-state index contributed by atoms with van der Waals surface area (Å²) in [6, 6.07) is 2.57. The molecule has 1 heterocycles. The van der Waals surface area contributed by atoms with Crippen LogP contribution in [0.3, 0.4) is 0 Å². The normalized spacial score (nSPS) is 11.7. The second-order valence-corrected chi connectivity index (χ2v) is 3.20. The summed E-state index contributed by atoms with van der Waals surface area (Å²) in [5, 5.41) is 8.59. The van der Waals surface area contributed by atoms with Crippen LogP contribution in [0.15, 0.2) is 18.3 Å². The van der Waals surface area contributed by atoms with Crippen LogP contribution in [0, 0.1) is 0 Å². The molecule has 0 saturated carbocycles. The van der Waals surface area contributed by atoms with E-state index in [0.717, 1.165) is 0 Å². The third kappa shape index (κ3) is 2.22. The van der Waals surface area contributed by atoms with Crippen molar-refractivity contribution in [2.24, 2.45) is 0 Å². The quantitative estimate of drug-likeness (QED) is 0.799. The average molecular weight is 238 g/mol. The fraction of sp³-hybridized carbons (Fsp3) is 0.286. The van der Waals surface area contributed by atoms with E-state index >= 15 is 0 Å². The molecule has 0 unspecified atom stereocenters. The molecule has 1 aromatic heterocycles. The minimum Gasteiger partial charge on any atom is -0.392 e. The van der Waals surface area contributed by atoms with E-state index in [1.54, 1.807) is 0 Å². The van der Waals surface area contributed by atoms with Gasteiger partial charge in [0, 0.05) is 6.20 Å². The summed E-state index contributed by atoms with van der Waals surface area (Å²) < 4.78 is 25.0. The molecule has 5 heteroatoms. The Kier molecular flexibility index (Phi) is 2.74. The molecule has 12 heavy (non-hydrogen) atoms. The largest absolute Gasteiger partial charge is 0.392 e. The molecule has 0 saturated heterocycles. The first-order valence-corrected chi connectivity index (χ1v) is 3.96. The zero-order valence-corrected chi connectivity index (χ0v) is 7.55. The van der Waals surface area contributed by atoms with Crippen LogP contribution in [0.2, 0.25) is 0 Å². The van der Waals surface area contributed by atoms with Crippen molar-refractivity contribution in [3.05, 3.63) is 29.6 Å². The molecule has 1 N–H and O–H groups in total. The molecule has 66 valence electrons. The van der Waals surface area contributed by atoms with Crippen LogP contribution >= 0.6 is 15.9 Å². The van der Waals surface area contributed by atoms with Gasteiger partial charge in [0.15, 0.2) is 0 Å². The average Bonchev–Trinajstić information content (AvgIpc) is 2.03. The Hall–Kier alpha value is -0.550. The molecule has 0 aromatic carbocycles. The van der Waals surface area contributed by atoms with Gasteiger partial charge in [0.25, 0.3) is 0 Å². The van der Waals surface area contributed by atoms with Crippen molar-refractivity contribution in [3.63, 3.8) is 0 Å². The van der Waals surface area contributed by atoms with E-state index in [-0.39, 0.29) is 12.3 Å². The highest BCUT2D eigenvalue weighted by Gasteiger charge is 2.28. The van der Waals surface area contributed by atoms with E-state index < -0.39 is 4.83 Å². The van der Waals surface area contributed by atoms with Crippen molar-refractivity contribution in [1.82, 2.24) is 4.98 Å². The minimum atomic E-state index is -3.10. The number of halogens is 3. The van der Waals surface area contributed by atoms with Gasteiger partial charge in [-0.05, 0) is 27.6 Å². The molecule has 1 rings (SSSR count). The third-order valence-electron chi connectivity index (χ3n) is 1.30. The Morgan fingerprint density at radius 1 is 1.50 bits per heavy atom. The van der Waals surface area contributed by atoms with Crippen molar-refractivity contribution in [2.75, 3.05) is 0 Å². The van der Waals surface area contributed by atoms with Crippen molar-refractivity contribution in [2.45, 2.75) is 11.4 Å². The van der Waals surface area contributed by atoms with Gasteiger partial charge in [-0.3, -0.25) is 4.98 Å². The molecule has 0 aliphatic heterocycles. The number of aliphatic hydroxyl groups excluding tert-OH is 1. The molecular weight excluding hydrogens is 232 g/mol. The number of pyridine rings is 1. The molecule has 0 fully saturated rings. The number of aliphatic hydroxyl groups is 1. The van der Waals surface area contributed by atoms with E-state index in [0.29, 0.717) is 5.56 Å². The molecule has 0 bridgehead atoms. The van der Waals surface area contributed by atoms with Gasteiger partial charge in [0.05, 0.1) is 6.61 Å². The number of rotatable bonds is 2. The monoisotopic (exact) mass is 237 g/mol. The van der Waals surface area contributed by atoms with Crippen LogP contribution in [0.4, 0.5) is 8.78 Å². The summed E-state index contributed by atoms with van der Waals surface area (Å²) in [5.74, 6) is 0. The number of alkyl halides is 3. The lowest BCUT2D eigenvalue weighted by Crippen LogP contribution is -2.05. The Bertz CT molecular complexity index is 257. The highest BCUT2D eigenvalue weighted by atomic mass is 79.9. The molecule has 2 nitrogen and oxygen atoms in total. The summed E-state index contributed by atoms with van der Waals surface area (Å²) in [7, 11) is 0. The summed E-state index contributed by atoms with van der Waals surface area (Å²) in [4.78, 5) is 0.368. The van der Waals surface area contributed by atoms with Gasteiger partial charge < -0.3 is 5.11 Å². The van der Waals surface area contributed by atoms with Gasteiger partial charge in [-0.25, -0.2) is 0 Å². The predicted molar refractivity (Wildman–Crippen MR) is 43.0 cm³/mol. The highest BCUT2D eigenvalue weighted by Crippen LogP contribution is 2.32. The zero-order valence-electron chi connectivity index (χ0n) is 5.97. The zero-order chi connectivity index (χ0) is 9.19. The molecule has 0 radical (unpaired) electrons. The van der Waals surface area contributed by atoms with Gasteiger partial charge in [0.1, 0.15) is 5.69 Å². The van der Waals surface area contributed by atoms with Crippen LogP contribution < -0.4 is 0 Å². The van der Waals surface area contributed by atoms with E-state index in [4.69, 9.17) is 5.11 Å². The summed E-state index contributed by atoms with van der Waals surface area (Å²) in [6.45, 7) is -0.193. The molecular formula is C7H6BrF2NO. The lowest BCUT2D eigenvalue weighted by molar-refractivity contribution is 0.109. The van der Waals surface area contributed by atoms with Gasteiger partial charge in [-0.2, -0.15) is 8.78 Å². The maximum absolute atomic E-state index is 12.5. The standard InChI is InChI=1S/C7H6BrF2NO/c8-7(9,10)6-2-1-5(4-12)3-11-6/h1-3,12H,4H2. The molecule has 0 atom stereocenters. The van der Waals surface area contributed by atoms with Gasteiger partial charge in [-0.1, -0.05) is 6.07 Å². The van der Waals surface area contributed by atoms with Crippen molar-refractivity contribution < 1.29 is 13.9 Å². The smallest absolute Gasteiger partial charge is 0.343 e. The Morgan fingerprint density at radius 2 is 2.17 bits per heavy atom. The fourth-order valence-electron chi connectivity index (χ4n) is 0.686. The SMILES string of the molecule is OCc1ccc(C(F)(F)Br)nc1. The maximum Gasteiger partial charge on any atom is 0.343 e. The minimum absolute atomic E-state index is 0.193. The first-order valence-electron chi connectivity index (χ1n) is 3.17.